The summed E-state index contributed by atoms with van der Waals surface area (Å²) in [6.45, 7) is 4.49. The number of β-amino-alcohol motifs (C(OH)–C–C–N with tert-alkyl or cyclic N) is 1. The van der Waals surface area contributed by atoms with Crippen LogP contribution in [-0.4, -0.2) is 48.5 Å². The highest BCUT2D eigenvalue weighted by Gasteiger charge is 2.36. The summed E-state index contributed by atoms with van der Waals surface area (Å²) in [5.74, 6) is 0. The van der Waals surface area contributed by atoms with Gasteiger partial charge in [-0.05, 0) is 19.3 Å². The molecule has 12 heavy (non-hydrogen) atoms. The SMILES string of the molecule is OC1(CN2CCOCC2)CCC1. The van der Waals surface area contributed by atoms with E-state index in [1.165, 1.54) is 6.42 Å². The lowest BCUT2D eigenvalue weighted by molar-refractivity contribution is -0.0758. The van der Waals surface area contributed by atoms with Crippen molar-refractivity contribution in [2.75, 3.05) is 32.8 Å². The molecule has 1 saturated heterocycles. The van der Waals surface area contributed by atoms with Crippen LogP contribution in [0.1, 0.15) is 19.3 Å². The molecular weight excluding hydrogens is 154 g/mol. The summed E-state index contributed by atoms with van der Waals surface area (Å²) in [5, 5.41) is 9.88. The first kappa shape index (κ1) is 8.48. The highest BCUT2D eigenvalue weighted by Crippen LogP contribution is 2.32. The van der Waals surface area contributed by atoms with E-state index in [4.69, 9.17) is 4.74 Å². The summed E-state index contributed by atoms with van der Waals surface area (Å²) in [4.78, 5) is 2.31. The Balaban J connectivity index is 1.77. The number of hydrogen-bond acceptors (Lipinski definition) is 3. The Kier molecular flexibility index (Phi) is 2.35. The van der Waals surface area contributed by atoms with Gasteiger partial charge < -0.3 is 9.84 Å². The molecule has 1 saturated carbocycles. The van der Waals surface area contributed by atoms with Gasteiger partial charge in [-0.1, -0.05) is 0 Å². The molecule has 2 fully saturated rings. The summed E-state index contributed by atoms with van der Waals surface area (Å²) in [7, 11) is 0. The van der Waals surface area contributed by atoms with E-state index in [0.29, 0.717) is 0 Å². The van der Waals surface area contributed by atoms with E-state index < -0.39 is 0 Å². The van der Waals surface area contributed by atoms with Crippen LogP contribution in [0.4, 0.5) is 0 Å². The molecule has 0 aromatic carbocycles. The lowest BCUT2D eigenvalue weighted by Gasteiger charge is -2.41. The topological polar surface area (TPSA) is 32.7 Å². The summed E-state index contributed by atoms with van der Waals surface area (Å²) >= 11 is 0. The average Bonchev–Trinajstić information content (AvgIpc) is 2.04. The smallest absolute Gasteiger partial charge is 0.0774 e. The van der Waals surface area contributed by atoms with Crippen molar-refractivity contribution in [3.63, 3.8) is 0 Å². The second-order valence-electron chi connectivity index (χ2n) is 3.97. The molecule has 1 aliphatic heterocycles. The lowest BCUT2D eigenvalue weighted by atomic mass is 9.80. The van der Waals surface area contributed by atoms with Crippen molar-refractivity contribution in [1.82, 2.24) is 4.90 Å². The molecule has 0 aromatic heterocycles. The lowest BCUT2D eigenvalue weighted by Crippen LogP contribution is -2.50. The number of ether oxygens (including phenoxy) is 1. The third-order valence-corrected chi connectivity index (χ3v) is 2.91. The maximum atomic E-state index is 9.88. The van der Waals surface area contributed by atoms with Gasteiger partial charge in [0.05, 0.1) is 18.8 Å². The molecule has 3 nitrogen and oxygen atoms in total. The first-order valence-electron chi connectivity index (χ1n) is 4.81. The van der Waals surface area contributed by atoms with Gasteiger partial charge in [-0.25, -0.2) is 0 Å². The van der Waals surface area contributed by atoms with E-state index in [9.17, 15) is 5.11 Å². The van der Waals surface area contributed by atoms with Crippen molar-refractivity contribution >= 4 is 0 Å². The Morgan fingerprint density at radius 2 is 1.92 bits per heavy atom. The fraction of sp³-hybridized carbons (Fsp3) is 1.00. The molecule has 0 aromatic rings. The molecule has 1 heterocycles. The van der Waals surface area contributed by atoms with E-state index in [-0.39, 0.29) is 5.60 Å². The van der Waals surface area contributed by atoms with E-state index in [1.54, 1.807) is 0 Å². The van der Waals surface area contributed by atoms with Gasteiger partial charge in [-0.15, -0.1) is 0 Å². The molecule has 0 amide bonds. The van der Waals surface area contributed by atoms with Gasteiger partial charge >= 0.3 is 0 Å². The van der Waals surface area contributed by atoms with Crippen LogP contribution in [-0.2, 0) is 4.74 Å². The normalized spacial score (nSPS) is 29.8. The Hall–Kier alpha value is -0.120. The number of rotatable bonds is 2. The van der Waals surface area contributed by atoms with Crippen LogP contribution >= 0.6 is 0 Å². The maximum absolute atomic E-state index is 9.88. The van der Waals surface area contributed by atoms with Crippen molar-refractivity contribution in [2.24, 2.45) is 0 Å². The minimum atomic E-state index is -0.350. The quantitative estimate of drug-likeness (QED) is 0.645. The van der Waals surface area contributed by atoms with Gasteiger partial charge in [0.1, 0.15) is 0 Å². The molecule has 1 N–H and O–H groups in total. The molecule has 0 unspecified atom stereocenters. The van der Waals surface area contributed by atoms with Gasteiger partial charge in [0.15, 0.2) is 0 Å². The molecule has 0 radical (unpaired) electrons. The maximum Gasteiger partial charge on any atom is 0.0774 e. The van der Waals surface area contributed by atoms with Crippen molar-refractivity contribution < 1.29 is 9.84 Å². The molecular formula is C9H17NO2. The Morgan fingerprint density at radius 3 is 2.42 bits per heavy atom. The van der Waals surface area contributed by atoms with E-state index in [0.717, 1.165) is 45.7 Å². The predicted octanol–water partition coefficient (Wildman–Crippen LogP) is 0.234. The highest BCUT2D eigenvalue weighted by molar-refractivity contribution is 4.90. The van der Waals surface area contributed by atoms with Gasteiger partial charge in [-0.2, -0.15) is 0 Å². The average molecular weight is 171 g/mol. The van der Waals surface area contributed by atoms with E-state index in [2.05, 4.69) is 4.90 Å². The summed E-state index contributed by atoms with van der Waals surface area (Å²) in [5.41, 5.74) is -0.350. The third-order valence-electron chi connectivity index (χ3n) is 2.91. The molecule has 1 aliphatic carbocycles. The summed E-state index contributed by atoms with van der Waals surface area (Å²) < 4.78 is 5.24. The summed E-state index contributed by atoms with van der Waals surface area (Å²) in [6.07, 6.45) is 3.18. The molecule has 2 rings (SSSR count). The monoisotopic (exact) mass is 171 g/mol. The fourth-order valence-corrected chi connectivity index (χ4v) is 1.92. The molecule has 0 bridgehead atoms. The van der Waals surface area contributed by atoms with Crippen molar-refractivity contribution in [1.29, 1.82) is 0 Å². The van der Waals surface area contributed by atoms with Crippen molar-refractivity contribution in [2.45, 2.75) is 24.9 Å². The molecule has 3 heteroatoms. The van der Waals surface area contributed by atoms with Crippen molar-refractivity contribution in [3.8, 4) is 0 Å². The number of hydrogen-bond donors (Lipinski definition) is 1. The second-order valence-corrected chi connectivity index (χ2v) is 3.97. The minimum Gasteiger partial charge on any atom is -0.389 e. The zero-order chi connectivity index (χ0) is 8.44. The molecule has 0 spiro atoms. The standard InChI is InChI=1S/C9H17NO2/c11-9(2-1-3-9)8-10-4-6-12-7-5-10/h11H,1-8H2. The van der Waals surface area contributed by atoms with Crippen LogP contribution in [0.15, 0.2) is 0 Å². The van der Waals surface area contributed by atoms with Crippen LogP contribution < -0.4 is 0 Å². The second kappa shape index (κ2) is 3.32. The van der Waals surface area contributed by atoms with E-state index in [1.807, 2.05) is 0 Å². The van der Waals surface area contributed by atoms with Crippen LogP contribution in [0.25, 0.3) is 0 Å². The minimum absolute atomic E-state index is 0.350. The van der Waals surface area contributed by atoms with Gasteiger partial charge in [0, 0.05) is 19.6 Å². The van der Waals surface area contributed by atoms with Crippen molar-refractivity contribution in [3.05, 3.63) is 0 Å². The zero-order valence-corrected chi connectivity index (χ0v) is 7.46. The largest absolute Gasteiger partial charge is 0.389 e. The van der Waals surface area contributed by atoms with Crippen LogP contribution in [0.2, 0.25) is 0 Å². The zero-order valence-electron chi connectivity index (χ0n) is 7.46. The third kappa shape index (κ3) is 1.79. The number of morpholine rings is 1. The van der Waals surface area contributed by atoms with Gasteiger partial charge in [-0.3, -0.25) is 4.90 Å². The first-order valence-corrected chi connectivity index (χ1v) is 4.81. The Bertz CT molecular complexity index is 151. The molecule has 70 valence electrons. The highest BCUT2D eigenvalue weighted by atomic mass is 16.5. The molecule has 2 aliphatic rings. The number of nitrogens with zero attached hydrogens (tertiary/aromatic N) is 1. The van der Waals surface area contributed by atoms with Gasteiger partial charge in [0.2, 0.25) is 0 Å². The van der Waals surface area contributed by atoms with E-state index >= 15 is 0 Å². The molecule has 0 atom stereocenters. The predicted molar refractivity (Wildman–Crippen MR) is 46.1 cm³/mol. The van der Waals surface area contributed by atoms with Gasteiger partial charge in [0.25, 0.3) is 0 Å². The Labute approximate surface area is 73.3 Å². The first-order chi connectivity index (χ1) is 5.79. The van der Waals surface area contributed by atoms with Crippen LogP contribution in [0.5, 0.6) is 0 Å². The van der Waals surface area contributed by atoms with Crippen LogP contribution in [0, 0.1) is 0 Å². The fourth-order valence-electron chi connectivity index (χ4n) is 1.92. The number of aliphatic hydroxyl groups is 1. The summed E-state index contributed by atoms with van der Waals surface area (Å²) in [6, 6.07) is 0. The van der Waals surface area contributed by atoms with Crippen LogP contribution in [0.3, 0.4) is 0 Å². The Morgan fingerprint density at radius 1 is 1.25 bits per heavy atom.